The lowest BCUT2D eigenvalue weighted by Gasteiger charge is -2.07. The number of carbonyl (C=O) groups is 2. The summed E-state index contributed by atoms with van der Waals surface area (Å²) in [6, 6.07) is 10.4. The van der Waals surface area contributed by atoms with Gasteiger partial charge in [0.25, 0.3) is 5.91 Å². The van der Waals surface area contributed by atoms with Crippen molar-refractivity contribution in [1.82, 2.24) is 9.97 Å². The van der Waals surface area contributed by atoms with E-state index < -0.39 is 0 Å². The van der Waals surface area contributed by atoms with E-state index in [9.17, 15) is 9.59 Å². The lowest BCUT2D eigenvalue weighted by molar-refractivity contribution is 0.101. The Kier molecular flexibility index (Phi) is 4.84. The highest BCUT2D eigenvalue weighted by Crippen LogP contribution is 2.13. The van der Waals surface area contributed by atoms with E-state index in [1.54, 1.807) is 36.6 Å². The normalized spacial score (nSPS) is 10.3. The number of carbonyl (C=O) groups excluding carboxylic acids is 2. The van der Waals surface area contributed by atoms with Crippen LogP contribution in [0.25, 0.3) is 0 Å². The van der Waals surface area contributed by atoms with E-state index >= 15 is 0 Å². The van der Waals surface area contributed by atoms with Crippen LogP contribution in [0.5, 0.6) is 0 Å². The lowest BCUT2D eigenvalue weighted by Crippen LogP contribution is -2.13. The maximum Gasteiger partial charge on any atom is 0.258 e. The number of hydrogen-bond donors (Lipinski definition) is 2. The molecule has 0 aliphatic rings. The predicted octanol–water partition coefficient (Wildman–Crippen LogP) is 3.14. The van der Waals surface area contributed by atoms with Gasteiger partial charge in [0.05, 0.1) is 18.4 Å². The molecule has 0 radical (unpaired) electrons. The molecule has 0 aliphatic heterocycles. The smallest absolute Gasteiger partial charge is 0.258 e. The molecule has 0 unspecified atom stereocenters. The first-order valence-electron chi connectivity index (χ1n) is 7.62. The lowest BCUT2D eigenvalue weighted by atomic mass is 10.1. The quantitative estimate of drug-likeness (QED) is 0.671. The van der Waals surface area contributed by atoms with Crippen LogP contribution in [0.4, 0.5) is 11.6 Å². The van der Waals surface area contributed by atoms with E-state index in [0.29, 0.717) is 29.3 Å². The van der Waals surface area contributed by atoms with Crippen molar-refractivity contribution in [2.75, 3.05) is 10.6 Å². The van der Waals surface area contributed by atoms with Crippen molar-refractivity contribution >= 4 is 23.3 Å². The second kappa shape index (κ2) is 7.39. The third-order valence-corrected chi connectivity index (χ3v) is 3.44. The Morgan fingerprint density at radius 2 is 1.88 bits per heavy atom. The number of nitrogens with zero attached hydrogens (tertiary/aromatic N) is 2. The van der Waals surface area contributed by atoms with Crippen LogP contribution in [0, 0.1) is 0 Å². The highest BCUT2D eigenvalue weighted by Gasteiger charge is 2.09. The zero-order valence-electron chi connectivity index (χ0n) is 13.5. The Morgan fingerprint density at radius 1 is 1.08 bits per heavy atom. The molecule has 126 valence electrons. The zero-order chi connectivity index (χ0) is 17.6. The summed E-state index contributed by atoms with van der Waals surface area (Å²) in [4.78, 5) is 31.8. The first-order chi connectivity index (χ1) is 12.1. The topological polar surface area (TPSA) is 97.1 Å². The van der Waals surface area contributed by atoms with Crippen LogP contribution in [0.1, 0.15) is 33.4 Å². The number of rotatable bonds is 6. The molecular formula is C18H16N4O3. The fraction of sp³-hybridized carbons (Fsp3) is 0.111. The Labute approximate surface area is 144 Å². The fourth-order valence-electron chi connectivity index (χ4n) is 2.14. The molecule has 0 saturated heterocycles. The molecule has 0 fully saturated rings. The third-order valence-electron chi connectivity index (χ3n) is 3.44. The summed E-state index contributed by atoms with van der Waals surface area (Å²) in [6.45, 7) is 1.93. The molecule has 2 heterocycles. The van der Waals surface area contributed by atoms with Crippen molar-refractivity contribution in [3.8, 4) is 0 Å². The second-order valence-corrected chi connectivity index (χ2v) is 5.32. The number of benzene rings is 1. The first-order valence-corrected chi connectivity index (χ1v) is 7.62. The summed E-state index contributed by atoms with van der Waals surface area (Å²) >= 11 is 0. The molecular weight excluding hydrogens is 320 g/mol. The van der Waals surface area contributed by atoms with Crippen molar-refractivity contribution in [1.29, 1.82) is 0 Å². The maximum absolute atomic E-state index is 12.2. The zero-order valence-corrected chi connectivity index (χ0v) is 13.5. The fourth-order valence-corrected chi connectivity index (χ4v) is 2.14. The molecule has 25 heavy (non-hydrogen) atoms. The van der Waals surface area contributed by atoms with Gasteiger partial charge in [-0.1, -0.05) is 12.1 Å². The Morgan fingerprint density at radius 3 is 2.56 bits per heavy atom. The van der Waals surface area contributed by atoms with Crippen molar-refractivity contribution < 1.29 is 14.0 Å². The number of nitrogens with one attached hydrogen (secondary N) is 2. The summed E-state index contributed by atoms with van der Waals surface area (Å²) in [5.41, 5.74) is 1.39. The number of anilines is 2. The standard InChI is InChI=1S/C18H16N4O3/c1-12(23)13-4-2-5-15(8-13)22-17(24)14-9-19-18(20-10-14)21-11-16-6-3-7-25-16/h2-10H,11H2,1H3,(H,22,24)(H,19,20,21). The number of amides is 1. The molecule has 3 rings (SSSR count). The molecule has 0 saturated carbocycles. The van der Waals surface area contributed by atoms with Gasteiger partial charge in [-0.3, -0.25) is 9.59 Å². The summed E-state index contributed by atoms with van der Waals surface area (Å²) < 4.78 is 5.20. The average Bonchev–Trinajstić information content (AvgIpc) is 3.14. The maximum atomic E-state index is 12.2. The van der Waals surface area contributed by atoms with Gasteiger partial charge < -0.3 is 15.1 Å². The van der Waals surface area contributed by atoms with Gasteiger partial charge in [0.1, 0.15) is 5.76 Å². The average molecular weight is 336 g/mol. The van der Waals surface area contributed by atoms with Crippen LogP contribution in [0.2, 0.25) is 0 Å². The van der Waals surface area contributed by atoms with Gasteiger partial charge >= 0.3 is 0 Å². The van der Waals surface area contributed by atoms with Gasteiger partial charge in [0.2, 0.25) is 5.95 Å². The van der Waals surface area contributed by atoms with Gasteiger partial charge in [-0.25, -0.2) is 9.97 Å². The van der Waals surface area contributed by atoms with E-state index in [0.717, 1.165) is 5.76 Å². The van der Waals surface area contributed by atoms with Crippen LogP contribution in [0.3, 0.4) is 0 Å². The Balaban J connectivity index is 1.62. The van der Waals surface area contributed by atoms with E-state index in [-0.39, 0.29) is 11.7 Å². The van der Waals surface area contributed by atoms with Crippen LogP contribution in [0.15, 0.2) is 59.5 Å². The number of aromatic nitrogens is 2. The molecule has 1 aromatic carbocycles. The van der Waals surface area contributed by atoms with Crippen molar-refractivity contribution in [3.63, 3.8) is 0 Å². The Hall–Kier alpha value is -3.48. The number of ketones is 1. The molecule has 0 atom stereocenters. The van der Waals surface area contributed by atoms with Crippen LogP contribution < -0.4 is 10.6 Å². The highest BCUT2D eigenvalue weighted by atomic mass is 16.3. The van der Waals surface area contributed by atoms with Gasteiger partial charge in [0.15, 0.2) is 5.78 Å². The van der Waals surface area contributed by atoms with Gasteiger partial charge in [-0.2, -0.15) is 0 Å². The second-order valence-electron chi connectivity index (χ2n) is 5.32. The Bertz CT molecular complexity index is 874. The molecule has 7 heteroatoms. The summed E-state index contributed by atoms with van der Waals surface area (Å²) in [5, 5.41) is 5.72. The van der Waals surface area contributed by atoms with Crippen molar-refractivity contribution in [2.24, 2.45) is 0 Å². The van der Waals surface area contributed by atoms with E-state index in [4.69, 9.17) is 4.42 Å². The number of Topliss-reactive ketones (excluding diaryl/α,β-unsaturated/α-hetero) is 1. The number of furan rings is 1. The van der Waals surface area contributed by atoms with Gasteiger partial charge in [-0.15, -0.1) is 0 Å². The molecule has 1 amide bonds. The van der Waals surface area contributed by atoms with Crippen LogP contribution >= 0.6 is 0 Å². The van der Waals surface area contributed by atoms with Crippen molar-refractivity contribution in [2.45, 2.75) is 13.5 Å². The first kappa shape index (κ1) is 16.4. The van der Waals surface area contributed by atoms with Crippen molar-refractivity contribution in [3.05, 3.63) is 71.9 Å². The molecule has 2 N–H and O–H groups in total. The minimum atomic E-state index is -0.349. The largest absolute Gasteiger partial charge is 0.467 e. The van der Waals surface area contributed by atoms with E-state index in [1.807, 2.05) is 6.07 Å². The highest BCUT2D eigenvalue weighted by molar-refractivity contribution is 6.04. The molecule has 3 aromatic rings. The van der Waals surface area contributed by atoms with Crippen LogP contribution in [-0.2, 0) is 6.54 Å². The predicted molar refractivity (Wildman–Crippen MR) is 92.5 cm³/mol. The summed E-state index contributed by atoms with van der Waals surface area (Å²) in [7, 11) is 0. The monoisotopic (exact) mass is 336 g/mol. The summed E-state index contributed by atoms with van der Waals surface area (Å²) in [6.07, 6.45) is 4.45. The molecule has 0 aliphatic carbocycles. The van der Waals surface area contributed by atoms with Gasteiger partial charge in [0, 0.05) is 23.6 Å². The molecule has 7 nitrogen and oxygen atoms in total. The summed E-state index contributed by atoms with van der Waals surface area (Å²) in [5.74, 6) is 0.743. The SMILES string of the molecule is CC(=O)c1cccc(NC(=O)c2cnc(NCc3ccco3)nc2)c1. The third kappa shape index (κ3) is 4.29. The van der Waals surface area contributed by atoms with Gasteiger partial charge in [-0.05, 0) is 31.2 Å². The van der Waals surface area contributed by atoms with Crippen LogP contribution in [-0.4, -0.2) is 21.7 Å². The molecule has 0 spiro atoms. The van der Waals surface area contributed by atoms with E-state index in [2.05, 4.69) is 20.6 Å². The number of hydrogen-bond acceptors (Lipinski definition) is 6. The minimum Gasteiger partial charge on any atom is -0.467 e. The molecule has 0 bridgehead atoms. The van der Waals surface area contributed by atoms with E-state index in [1.165, 1.54) is 19.3 Å². The minimum absolute atomic E-state index is 0.0635. The molecule has 2 aromatic heterocycles.